The van der Waals surface area contributed by atoms with E-state index in [1.807, 2.05) is 6.07 Å². The molecule has 0 unspecified atom stereocenters. The number of aromatic nitrogens is 4. The molecule has 0 saturated carbocycles. The summed E-state index contributed by atoms with van der Waals surface area (Å²) in [4.78, 5) is 22.3. The Kier molecular flexibility index (Phi) is 5.94. The van der Waals surface area contributed by atoms with E-state index < -0.39 is 15.8 Å². The highest BCUT2D eigenvalue weighted by molar-refractivity contribution is 7.92. The summed E-state index contributed by atoms with van der Waals surface area (Å²) >= 11 is 0. The van der Waals surface area contributed by atoms with Crippen molar-refractivity contribution < 1.29 is 17.6 Å². The van der Waals surface area contributed by atoms with Crippen LogP contribution in [0.25, 0.3) is 21.9 Å². The fourth-order valence-corrected chi connectivity index (χ4v) is 4.91. The van der Waals surface area contributed by atoms with Gasteiger partial charge >= 0.3 is 0 Å². The van der Waals surface area contributed by atoms with Crippen molar-refractivity contribution in [2.75, 3.05) is 35.6 Å². The van der Waals surface area contributed by atoms with Crippen LogP contribution in [-0.4, -0.2) is 58.8 Å². The number of hydrogen-bond donors (Lipinski definition) is 3. The molecule has 0 radical (unpaired) electrons. The Bertz CT molecular complexity index is 1670. The van der Waals surface area contributed by atoms with Gasteiger partial charge in [-0.15, -0.1) is 0 Å². The number of carbonyl (C=O) groups is 1. The quantitative estimate of drug-likeness (QED) is 0.338. The first-order valence-corrected chi connectivity index (χ1v) is 13.3. The lowest BCUT2D eigenvalue weighted by Gasteiger charge is -2.15. The monoisotopic (exact) mass is 524 g/mol. The first-order valence-electron chi connectivity index (χ1n) is 11.4. The number of nitrogens with two attached hydrogens (primary N) is 1. The molecule has 11 nitrogen and oxygen atoms in total. The van der Waals surface area contributed by atoms with Crippen molar-refractivity contribution in [1.29, 1.82) is 0 Å². The maximum atomic E-state index is 15.4. The molecule has 4 N–H and O–H groups in total. The molecular weight excluding hydrogens is 499 g/mol. The van der Waals surface area contributed by atoms with E-state index in [-0.39, 0.29) is 29.4 Å². The third-order valence-electron chi connectivity index (χ3n) is 6.33. The first kappa shape index (κ1) is 24.4. The van der Waals surface area contributed by atoms with Gasteiger partial charge in [-0.05, 0) is 30.0 Å². The lowest BCUT2D eigenvalue weighted by molar-refractivity contribution is -0.130. The Labute approximate surface area is 212 Å². The number of halogens is 1. The van der Waals surface area contributed by atoms with E-state index in [4.69, 9.17) is 5.73 Å². The molecule has 192 valence electrons. The highest BCUT2D eigenvalue weighted by Gasteiger charge is 2.20. The van der Waals surface area contributed by atoms with E-state index in [0.29, 0.717) is 46.5 Å². The molecule has 4 heterocycles. The molecule has 1 amide bonds. The molecule has 1 aliphatic rings. The molecule has 4 aromatic rings. The van der Waals surface area contributed by atoms with Gasteiger partial charge in [0, 0.05) is 60.7 Å². The minimum atomic E-state index is -3.55. The molecule has 3 aromatic heterocycles. The van der Waals surface area contributed by atoms with Gasteiger partial charge in [0.1, 0.15) is 12.4 Å². The van der Waals surface area contributed by atoms with Crippen LogP contribution in [0.4, 0.5) is 27.4 Å². The summed E-state index contributed by atoms with van der Waals surface area (Å²) in [6, 6.07) is 5.22. The maximum absolute atomic E-state index is 15.4. The third kappa shape index (κ3) is 4.77. The van der Waals surface area contributed by atoms with Gasteiger partial charge in [-0.2, -0.15) is 5.10 Å². The van der Waals surface area contributed by atoms with Gasteiger partial charge in [-0.1, -0.05) is 0 Å². The number of sulfonamides is 1. The van der Waals surface area contributed by atoms with Crippen molar-refractivity contribution >= 4 is 49.7 Å². The second-order valence-corrected chi connectivity index (χ2v) is 10.8. The van der Waals surface area contributed by atoms with Crippen LogP contribution in [0.5, 0.6) is 0 Å². The summed E-state index contributed by atoms with van der Waals surface area (Å²) in [5, 5.41) is 8.68. The van der Waals surface area contributed by atoms with Gasteiger partial charge in [-0.25, -0.2) is 17.8 Å². The predicted octanol–water partition coefficient (Wildman–Crippen LogP) is 2.65. The number of amides is 1. The van der Waals surface area contributed by atoms with Gasteiger partial charge in [0.15, 0.2) is 11.6 Å². The molecule has 0 spiro atoms. The summed E-state index contributed by atoms with van der Waals surface area (Å²) in [6.45, 7) is 2.45. The number of hydrogen-bond acceptors (Lipinski definition) is 8. The van der Waals surface area contributed by atoms with Crippen molar-refractivity contribution in [2.24, 2.45) is 0 Å². The van der Waals surface area contributed by atoms with Crippen LogP contribution in [-0.2, 0) is 27.8 Å². The van der Waals surface area contributed by atoms with Crippen LogP contribution >= 0.6 is 0 Å². The minimum Gasteiger partial charge on any atom is -0.396 e. The fourth-order valence-electron chi connectivity index (χ4n) is 4.30. The topological polar surface area (TPSA) is 148 Å². The number of carbonyl (C=O) groups excluding carboxylic acids is 1. The summed E-state index contributed by atoms with van der Waals surface area (Å²) < 4.78 is 42.9. The van der Waals surface area contributed by atoms with Crippen molar-refractivity contribution in [2.45, 2.75) is 19.9 Å². The normalized spacial score (nSPS) is 13.9. The average Bonchev–Trinajstić information content (AvgIpc) is 3.15. The van der Waals surface area contributed by atoms with Gasteiger partial charge in [0.25, 0.3) is 0 Å². The van der Waals surface area contributed by atoms with Crippen LogP contribution in [0.2, 0.25) is 0 Å². The average molecular weight is 525 g/mol. The molecule has 0 bridgehead atoms. The molecule has 37 heavy (non-hydrogen) atoms. The Morgan fingerprint density at radius 2 is 1.89 bits per heavy atom. The summed E-state index contributed by atoms with van der Waals surface area (Å²) in [7, 11) is -1.78. The molecule has 0 aliphatic carbocycles. The molecule has 0 atom stereocenters. The summed E-state index contributed by atoms with van der Waals surface area (Å²) in [6.07, 6.45) is 6.02. The lowest BCUT2D eigenvalue weighted by Crippen LogP contribution is -2.29. The van der Waals surface area contributed by atoms with Crippen LogP contribution in [0.15, 0.2) is 36.8 Å². The van der Waals surface area contributed by atoms with E-state index in [2.05, 4.69) is 25.1 Å². The molecule has 1 aliphatic heterocycles. The van der Waals surface area contributed by atoms with E-state index >= 15 is 4.39 Å². The largest absolute Gasteiger partial charge is 0.396 e. The van der Waals surface area contributed by atoms with Crippen LogP contribution in [0.3, 0.4) is 0 Å². The van der Waals surface area contributed by atoms with Gasteiger partial charge in [0.05, 0.1) is 23.8 Å². The van der Waals surface area contributed by atoms with Crippen LogP contribution < -0.4 is 15.8 Å². The van der Waals surface area contributed by atoms with Gasteiger partial charge in [0.2, 0.25) is 15.9 Å². The number of pyridine rings is 2. The van der Waals surface area contributed by atoms with E-state index in [1.165, 1.54) is 18.6 Å². The second-order valence-electron chi connectivity index (χ2n) is 9.05. The maximum Gasteiger partial charge on any atom is 0.244 e. The SMILES string of the molecule is Cc1c(NS(C)(=O)=O)cncc1-c1cc2cc(Nc3cc4n(n3)CC(=O)N(C)CC4)ncc2c(N)c1F. The van der Waals surface area contributed by atoms with Gasteiger partial charge in [-0.3, -0.25) is 19.2 Å². The van der Waals surface area contributed by atoms with Crippen LogP contribution in [0, 0.1) is 12.7 Å². The zero-order chi connectivity index (χ0) is 26.5. The predicted molar refractivity (Wildman–Crippen MR) is 139 cm³/mol. The standard InChI is InChI=1S/C24H25FN8O3S/c1-13-17(9-27-11-19(13)31-37(3,35)36)16-6-14-7-20(28-10-18(14)24(26)23(16)25)29-21-8-15-4-5-32(2)22(34)12-33(15)30-21/h6-11,31H,4-5,12,26H2,1-3H3,(H,28,29,30). The highest BCUT2D eigenvalue weighted by Crippen LogP contribution is 2.37. The van der Waals surface area contributed by atoms with Crippen molar-refractivity contribution in [3.05, 3.63) is 53.9 Å². The van der Waals surface area contributed by atoms with Crippen molar-refractivity contribution in [3.63, 3.8) is 0 Å². The molecule has 1 aromatic carbocycles. The summed E-state index contributed by atoms with van der Waals surface area (Å²) in [5.41, 5.74) is 8.32. The second kappa shape index (κ2) is 9.00. The number of nitrogens with one attached hydrogen (secondary N) is 2. The van der Waals surface area contributed by atoms with E-state index in [9.17, 15) is 13.2 Å². The Hall–Kier alpha value is -4.26. The Morgan fingerprint density at radius 3 is 2.65 bits per heavy atom. The number of fused-ring (bicyclic) bond motifs is 2. The number of nitrogen functional groups attached to an aromatic ring is 1. The number of benzene rings is 1. The lowest BCUT2D eigenvalue weighted by atomic mass is 9.97. The summed E-state index contributed by atoms with van der Waals surface area (Å²) in [5.74, 6) is 0.337. The van der Waals surface area contributed by atoms with E-state index in [0.717, 1.165) is 11.9 Å². The smallest absolute Gasteiger partial charge is 0.244 e. The number of likely N-dealkylation sites (N-methyl/N-ethyl adjacent to an activating group) is 1. The van der Waals surface area contributed by atoms with Crippen LogP contribution in [0.1, 0.15) is 11.3 Å². The molecule has 5 rings (SSSR count). The zero-order valence-electron chi connectivity index (χ0n) is 20.4. The first-order chi connectivity index (χ1) is 17.5. The van der Waals surface area contributed by atoms with Gasteiger partial charge < -0.3 is 16.0 Å². The fraction of sp³-hybridized carbons (Fsp3) is 0.250. The number of nitrogens with zero attached hydrogens (tertiary/aromatic N) is 5. The minimum absolute atomic E-state index is 0.0112. The zero-order valence-corrected chi connectivity index (χ0v) is 21.2. The van der Waals surface area contributed by atoms with E-state index in [1.54, 1.807) is 35.7 Å². The third-order valence-corrected chi connectivity index (χ3v) is 6.92. The number of rotatable bonds is 5. The van der Waals surface area contributed by atoms with Crippen molar-refractivity contribution in [3.8, 4) is 11.1 Å². The molecular formula is C24H25FN8O3S. The number of anilines is 4. The van der Waals surface area contributed by atoms with Crippen molar-refractivity contribution in [1.82, 2.24) is 24.6 Å². The Balaban J connectivity index is 1.52. The molecule has 0 saturated heterocycles. The molecule has 0 fully saturated rings. The molecule has 13 heteroatoms. The highest BCUT2D eigenvalue weighted by atomic mass is 32.2. The Morgan fingerprint density at radius 1 is 1.11 bits per heavy atom.